The number of carbonyl (C=O) groups is 2. The average molecular weight is 320 g/mol. The number of nitrogens with zero attached hydrogens (tertiary/aromatic N) is 2. The summed E-state index contributed by atoms with van der Waals surface area (Å²) in [6, 6.07) is 0.260. The van der Waals surface area contributed by atoms with Crippen LogP contribution in [0.4, 0.5) is 13.2 Å². The van der Waals surface area contributed by atoms with E-state index in [-0.39, 0.29) is 31.0 Å². The third-order valence-corrected chi connectivity index (χ3v) is 4.76. The number of alkyl halides is 3. The molecule has 0 aliphatic carbocycles. The first-order chi connectivity index (χ1) is 10.3. The van der Waals surface area contributed by atoms with Crippen molar-refractivity contribution < 1.29 is 22.8 Å². The molecule has 22 heavy (non-hydrogen) atoms. The highest BCUT2D eigenvalue weighted by Crippen LogP contribution is 2.28. The number of halogens is 3. The number of piperidine rings is 2. The molecular weight excluding hydrogens is 297 g/mol. The van der Waals surface area contributed by atoms with Crippen LogP contribution in [-0.2, 0) is 9.59 Å². The van der Waals surface area contributed by atoms with E-state index in [1.807, 2.05) is 4.90 Å². The Balaban J connectivity index is 1.91. The summed E-state index contributed by atoms with van der Waals surface area (Å²) < 4.78 is 37.2. The van der Waals surface area contributed by atoms with Crippen molar-refractivity contribution in [2.75, 3.05) is 19.6 Å². The topological polar surface area (TPSA) is 40.6 Å². The van der Waals surface area contributed by atoms with Crippen molar-refractivity contribution in [1.29, 1.82) is 0 Å². The minimum absolute atomic E-state index is 0.0133. The Labute approximate surface area is 128 Å². The Hall–Kier alpha value is -1.27. The summed E-state index contributed by atoms with van der Waals surface area (Å²) in [6.45, 7) is 2.83. The molecule has 2 aliphatic rings. The van der Waals surface area contributed by atoms with Crippen molar-refractivity contribution in [3.05, 3.63) is 0 Å². The van der Waals surface area contributed by atoms with Gasteiger partial charge in [-0.15, -0.1) is 0 Å². The Morgan fingerprint density at radius 3 is 2.23 bits per heavy atom. The zero-order valence-corrected chi connectivity index (χ0v) is 12.9. The van der Waals surface area contributed by atoms with Gasteiger partial charge in [-0.3, -0.25) is 9.59 Å². The highest BCUT2D eigenvalue weighted by atomic mass is 19.4. The molecule has 0 bridgehead atoms. The fourth-order valence-corrected chi connectivity index (χ4v) is 3.46. The second-order valence-corrected chi connectivity index (χ2v) is 6.15. The molecule has 0 aromatic carbocycles. The van der Waals surface area contributed by atoms with Gasteiger partial charge in [0.05, 0.1) is 0 Å². The Bertz CT molecular complexity index is 418. The third kappa shape index (κ3) is 3.73. The van der Waals surface area contributed by atoms with Gasteiger partial charge in [-0.2, -0.15) is 13.2 Å². The molecule has 2 rings (SSSR count). The van der Waals surface area contributed by atoms with Crippen molar-refractivity contribution in [3.8, 4) is 0 Å². The first-order valence-electron chi connectivity index (χ1n) is 8.01. The number of likely N-dealkylation sites (tertiary alicyclic amines) is 2. The summed E-state index contributed by atoms with van der Waals surface area (Å²) in [5.41, 5.74) is 0. The predicted octanol–water partition coefficient (Wildman–Crippen LogP) is 2.58. The molecular formula is C15H23F3N2O2. The number of carbonyl (C=O) groups excluding carboxylic acids is 2. The lowest BCUT2D eigenvalue weighted by atomic mass is 9.92. The SMILES string of the molecule is CCC1CCCCN1C(=O)C1CCN(C(=O)C(F)(F)F)CC1. The molecule has 2 saturated heterocycles. The number of rotatable bonds is 2. The van der Waals surface area contributed by atoms with E-state index in [0.717, 1.165) is 37.1 Å². The van der Waals surface area contributed by atoms with E-state index in [0.29, 0.717) is 12.8 Å². The fraction of sp³-hybridized carbons (Fsp3) is 0.867. The maximum Gasteiger partial charge on any atom is 0.471 e. The monoisotopic (exact) mass is 320 g/mol. The first kappa shape index (κ1) is 17.1. The van der Waals surface area contributed by atoms with Crippen molar-refractivity contribution >= 4 is 11.8 Å². The predicted molar refractivity (Wildman–Crippen MR) is 75.0 cm³/mol. The van der Waals surface area contributed by atoms with Crippen LogP contribution in [-0.4, -0.2) is 53.5 Å². The molecule has 4 nitrogen and oxygen atoms in total. The summed E-state index contributed by atoms with van der Waals surface area (Å²) in [5, 5.41) is 0. The lowest BCUT2D eigenvalue weighted by molar-refractivity contribution is -0.187. The summed E-state index contributed by atoms with van der Waals surface area (Å²) in [6.07, 6.45) is -0.128. The molecule has 0 aromatic heterocycles. The quantitative estimate of drug-likeness (QED) is 0.784. The molecule has 0 aromatic rings. The largest absolute Gasteiger partial charge is 0.471 e. The van der Waals surface area contributed by atoms with Crippen LogP contribution in [0.1, 0.15) is 45.4 Å². The third-order valence-electron chi connectivity index (χ3n) is 4.76. The molecule has 2 fully saturated rings. The molecule has 2 aliphatic heterocycles. The van der Waals surface area contributed by atoms with Gasteiger partial charge in [-0.05, 0) is 38.5 Å². The van der Waals surface area contributed by atoms with E-state index in [9.17, 15) is 22.8 Å². The zero-order chi connectivity index (χ0) is 16.3. The molecule has 0 radical (unpaired) electrons. The van der Waals surface area contributed by atoms with E-state index in [1.165, 1.54) is 0 Å². The van der Waals surface area contributed by atoms with Gasteiger partial charge < -0.3 is 9.80 Å². The smallest absolute Gasteiger partial charge is 0.339 e. The molecule has 1 atom stereocenters. The average Bonchev–Trinajstić information content (AvgIpc) is 2.52. The van der Waals surface area contributed by atoms with Crippen molar-refractivity contribution in [1.82, 2.24) is 9.80 Å². The van der Waals surface area contributed by atoms with Gasteiger partial charge in [-0.25, -0.2) is 0 Å². The van der Waals surface area contributed by atoms with Crippen LogP contribution in [0, 0.1) is 5.92 Å². The van der Waals surface area contributed by atoms with E-state index in [1.54, 1.807) is 0 Å². The molecule has 1 unspecified atom stereocenters. The van der Waals surface area contributed by atoms with Gasteiger partial charge in [0, 0.05) is 31.6 Å². The van der Waals surface area contributed by atoms with Gasteiger partial charge in [-0.1, -0.05) is 6.92 Å². The van der Waals surface area contributed by atoms with Crippen molar-refractivity contribution in [3.63, 3.8) is 0 Å². The minimum Gasteiger partial charge on any atom is -0.339 e. The van der Waals surface area contributed by atoms with Crippen LogP contribution in [0.3, 0.4) is 0 Å². The standard InChI is InChI=1S/C15H23F3N2O2/c1-2-12-5-3-4-8-20(12)13(21)11-6-9-19(10-7-11)14(22)15(16,17)18/h11-12H,2-10H2,1H3. The van der Waals surface area contributed by atoms with Gasteiger partial charge in [0.2, 0.25) is 5.91 Å². The number of hydrogen-bond donors (Lipinski definition) is 0. The summed E-state index contributed by atoms with van der Waals surface area (Å²) in [5.74, 6) is -1.97. The van der Waals surface area contributed by atoms with E-state index >= 15 is 0 Å². The summed E-state index contributed by atoms with van der Waals surface area (Å²) in [7, 11) is 0. The maximum atomic E-state index is 12.6. The second-order valence-electron chi connectivity index (χ2n) is 6.15. The second kappa shape index (κ2) is 6.87. The number of hydrogen-bond acceptors (Lipinski definition) is 2. The lowest BCUT2D eigenvalue weighted by Gasteiger charge is -2.39. The summed E-state index contributed by atoms with van der Waals surface area (Å²) in [4.78, 5) is 26.5. The Kier molecular flexibility index (Phi) is 5.34. The maximum absolute atomic E-state index is 12.6. The molecule has 7 heteroatoms. The van der Waals surface area contributed by atoms with Crippen molar-refractivity contribution in [2.24, 2.45) is 5.92 Å². The highest BCUT2D eigenvalue weighted by molar-refractivity contribution is 5.83. The fourth-order valence-electron chi connectivity index (χ4n) is 3.46. The zero-order valence-electron chi connectivity index (χ0n) is 12.9. The molecule has 126 valence electrons. The minimum atomic E-state index is -4.82. The van der Waals surface area contributed by atoms with Crippen LogP contribution in [0.15, 0.2) is 0 Å². The number of amides is 2. The normalized spacial score (nSPS) is 24.5. The molecule has 2 heterocycles. The summed E-state index contributed by atoms with van der Waals surface area (Å²) >= 11 is 0. The van der Waals surface area contributed by atoms with Crippen LogP contribution in [0.5, 0.6) is 0 Å². The molecule has 0 N–H and O–H groups in total. The highest BCUT2D eigenvalue weighted by Gasteiger charge is 2.44. The van der Waals surface area contributed by atoms with Crippen LogP contribution < -0.4 is 0 Å². The lowest BCUT2D eigenvalue weighted by Crippen LogP contribution is -2.50. The van der Waals surface area contributed by atoms with E-state index in [2.05, 4.69) is 6.92 Å². The first-order valence-corrected chi connectivity index (χ1v) is 8.01. The van der Waals surface area contributed by atoms with E-state index < -0.39 is 12.1 Å². The molecule has 2 amide bonds. The van der Waals surface area contributed by atoms with E-state index in [4.69, 9.17) is 0 Å². The molecule has 0 saturated carbocycles. The van der Waals surface area contributed by atoms with Crippen LogP contribution >= 0.6 is 0 Å². The van der Waals surface area contributed by atoms with Gasteiger partial charge >= 0.3 is 12.1 Å². The Morgan fingerprint density at radius 1 is 1.05 bits per heavy atom. The molecule has 0 spiro atoms. The van der Waals surface area contributed by atoms with Gasteiger partial charge in [0.15, 0.2) is 0 Å². The van der Waals surface area contributed by atoms with Crippen molar-refractivity contribution in [2.45, 2.75) is 57.7 Å². The van der Waals surface area contributed by atoms with Gasteiger partial charge in [0.25, 0.3) is 0 Å². The Morgan fingerprint density at radius 2 is 1.68 bits per heavy atom. The van der Waals surface area contributed by atoms with Crippen LogP contribution in [0.25, 0.3) is 0 Å². The van der Waals surface area contributed by atoms with Crippen LogP contribution in [0.2, 0.25) is 0 Å². The van der Waals surface area contributed by atoms with Gasteiger partial charge in [0.1, 0.15) is 0 Å².